The van der Waals surface area contributed by atoms with E-state index in [0.29, 0.717) is 24.0 Å². The van der Waals surface area contributed by atoms with Crippen LogP contribution in [0, 0.1) is 0 Å². The molecule has 0 bridgehead atoms. The second kappa shape index (κ2) is 6.62. The molecule has 94 valence electrons. The largest absolute Gasteiger partial charge is 0.497 e. The summed E-state index contributed by atoms with van der Waals surface area (Å²) in [7, 11) is 3.21. The van der Waals surface area contributed by atoms with E-state index >= 15 is 0 Å². The summed E-state index contributed by atoms with van der Waals surface area (Å²) in [6, 6.07) is 5.46. The molecule has 0 amide bonds. The van der Waals surface area contributed by atoms with E-state index in [-0.39, 0.29) is 0 Å². The molecule has 0 saturated heterocycles. The zero-order valence-corrected chi connectivity index (χ0v) is 10.5. The van der Waals surface area contributed by atoms with Gasteiger partial charge in [-0.15, -0.1) is 0 Å². The van der Waals surface area contributed by atoms with E-state index in [9.17, 15) is 0 Å². The predicted molar refractivity (Wildman–Crippen MR) is 69.9 cm³/mol. The number of nitrogens with two attached hydrogens (primary N) is 1. The van der Waals surface area contributed by atoms with Crippen molar-refractivity contribution >= 4 is 11.6 Å². The summed E-state index contributed by atoms with van der Waals surface area (Å²) < 4.78 is 10.3. The van der Waals surface area contributed by atoms with Crippen LogP contribution in [0.5, 0.6) is 11.5 Å². The number of nitrogens with zero attached hydrogens (tertiary/aromatic N) is 1. The summed E-state index contributed by atoms with van der Waals surface area (Å²) >= 11 is 0. The van der Waals surface area contributed by atoms with Crippen LogP contribution in [0.15, 0.2) is 23.2 Å². The summed E-state index contributed by atoms with van der Waals surface area (Å²) in [5, 5.41) is 2.99. The van der Waals surface area contributed by atoms with Crippen molar-refractivity contribution in [3.05, 3.63) is 18.2 Å². The van der Waals surface area contributed by atoms with Gasteiger partial charge in [-0.05, 0) is 6.42 Å². The molecule has 0 heterocycles. The third-order valence-corrected chi connectivity index (χ3v) is 2.13. The third kappa shape index (κ3) is 4.22. The molecule has 1 aromatic carbocycles. The van der Waals surface area contributed by atoms with Gasteiger partial charge in [0.25, 0.3) is 0 Å². The zero-order chi connectivity index (χ0) is 12.7. The molecule has 0 aliphatic carbocycles. The van der Waals surface area contributed by atoms with Crippen LogP contribution in [0.2, 0.25) is 0 Å². The standard InChI is InChI=1S/C12H19N3O2/c1-4-5-14-12(13)15-9-6-10(16-2)8-11(7-9)17-3/h6-8H,4-5H2,1-3H3,(H3,13,14,15). The van der Waals surface area contributed by atoms with Crippen LogP contribution in [0.25, 0.3) is 0 Å². The number of aliphatic imine (C=N–C) groups is 1. The second-order valence-electron chi connectivity index (χ2n) is 3.49. The molecule has 0 radical (unpaired) electrons. The minimum absolute atomic E-state index is 0.391. The lowest BCUT2D eigenvalue weighted by atomic mass is 10.3. The Bertz CT molecular complexity index is 369. The van der Waals surface area contributed by atoms with Gasteiger partial charge in [0.05, 0.1) is 14.2 Å². The van der Waals surface area contributed by atoms with Gasteiger partial charge in [-0.25, -0.2) is 0 Å². The van der Waals surface area contributed by atoms with Gasteiger partial charge < -0.3 is 20.5 Å². The molecule has 0 aliphatic heterocycles. The molecule has 0 saturated carbocycles. The Morgan fingerprint density at radius 2 is 1.82 bits per heavy atom. The van der Waals surface area contributed by atoms with Gasteiger partial charge in [0, 0.05) is 30.4 Å². The van der Waals surface area contributed by atoms with E-state index in [1.165, 1.54) is 0 Å². The molecule has 3 N–H and O–H groups in total. The molecule has 5 heteroatoms. The molecule has 1 rings (SSSR count). The Hall–Kier alpha value is -1.91. The summed E-state index contributed by atoms with van der Waals surface area (Å²) in [5.74, 6) is 1.80. The van der Waals surface area contributed by atoms with Gasteiger partial charge >= 0.3 is 0 Å². The van der Waals surface area contributed by atoms with Crippen LogP contribution in [-0.4, -0.2) is 26.7 Å². The molecular formula is C12H19N3O2. The van der Waals surface area contributed by atoms with Crippen molar-refractivity contribution < 1.29 is 9.47 Å². The molecule has 0 unspecified atom stereocenters. The SMILES string of the molecule is CCCN=C(N)Nc1cc(OC)cc(OC)c1. The van der Waals surface area contributed by atoms with Crippen LogP contribution in [0.3, 0.4) is 0 Å². The maximum Gasteiger partial charge on any atom is 0.193 e. The fourth-order valence-electron chi connectivity index (χ4n) is 1.30. The normalized spacial score (nSPS) is 11.1. The summed E-state index contributed by atoms with van der Waals surface area (Å²) in [6.45, 7) is 2.76. The van der Waals surface area contributed by atoms with Crippen LogP contribution in [-0.2, 0) is 0 Å². The first-order chi connectivity index (χ1) is 8.19. The Kier molecular flexibility index (Phi) is 5.13. The molecule has 0 fully saturated rings. The van der Waals surface area contributed by atoms with E-state index in [2.05, 4.69) is 10.3 Å². The molecule has 1 aromatic rings. The maximum absolute atomic E-state index is 5.73. The van der Waals surface area contributed by atoms with E-state index < -0.39 is 0 Å². The monoisotopic (exact) mass is 237 g/mol. The first kappa shape index (κ1) is 13.2. The Labute approximate surface area is 102 Å². The van der Waals surface area contributed by atoms with Gasteiger partial charge in [-0.1, -0.05) is 6.92 Å². The van der Waals surface area contributed by atoms with E-state index in [4.69, 9.17) is 15.2 Å². The minimum Gasteiger partial charge on any atom is -0.497 e. The smallest absolute Gasteiger partial charge is 0.193 e. The Balaban J connectivity index is 2.82. The maximum atomic E-state index is 5.73. The van der Waals surface area contributed by atoms with Crippen molar-refractivity contribution in [1.82, 2.24) is 0 Å². The molecule has 0 spiro atoms. The molecule has 0 aromatic heterocycles. The highest BCUT2D eigenvalue weighted by atomic mass is 16.5. The van der Waals surface area contributed by atoms with Gasteiger partial charge in [0.15, 0.2) is 5.96 Å². The van der Waals surface area contributed by atoms with Gasteiger partial charge in [-0.2, -0.15) is 0 Å². The molecule has 17 heavy (non-hydrogen) atoms. The average molecular weight is 237 g/mol. The van der Waals surface area contributed by atoms with Crippen molar-refractivity contribution in [2.24, 2.45) is 10.7 Å². The van der Waals surface area contributed by atoms with Crippen LogP contribution in [0.1, 0.15) is 13.3 Å². The minimum atomic E-state index is 0.391. The lowest BCUT2D eigenvalue weighted by molar-refractivity contribution is 0.395. The van der Waals surface area contributed by atoms with E-state index in [1.807, 2.05) is 19.1 Å². The van der Waals surface area contributed by atoms with E-state index in [0.717, 1.165) is 12.1 Å². The van der Waals surface area contributed by atoms with Crippen molar-refractivity contribution in [3.63, 3.8) is 0 Å². The highest BCUT2D eigenvalue weighted by Crippen LogP contribution is 2.25. The number of hydrogen-bond donors (Lipinski definition) is 2. The fraction of sp³-hybridized carbons (Fsp3) is 0.417. The fourth-order valence-corrected chi connectivity index (χ4v) is 1.30. The van der Waals surface area contributed by atoms with Gasteiger partial charge in [0.1, 0.15) is 11.5 Å². The van der Waals surface area contributed by atoms with Crippen LogP contribution >= 0.6 is 0 Å². The van der Waals surface area contributed by atoms with E-state index in [1.54, 1.807) is 20.3 Å². The molecule has 0 aliphatic rings. The van der Waals surface area contributed by atoms with Crippen molar-refractivity contribution in [2.45, 2.75) is 13.3 Å². The highest BCUT2D eigenvalue weighted by Gasteiger charge is 2.02. The third-order valence-electron chi connectivity index (χ3n) is 2.13. The molecule has 5 nitrogen and oxygen atoms in total. The lowest BCUT2D eigenvalue weighted by Gasteiger charge is -2.10. The second-order valence-corrected chi connectivity index (χ2v) is 3.49. The number of anilines is 1. The number of guanidine groups is 1. The summed E-state index contributed by atoms with van der Waals surface area (Å²) in [6.07, 6.45) is 0.962. The average Bonchev–Trinajstić information content (AvgIpc) is 2.35. The first-order valence-electron chi connectivity index (χ1n) is 5.49. The van der Waals surface area contributed by atoms with Crippen molar-refractivity contribution in [3.8, 4) is 11.5 Å². The number of benzene rings is 1. The number of rotatable bonds is 5. The highest BCUT2D eigenvalue weighted by molar-refractivity contribution is 5.92. The van der Waals surface area contributed by atoms with Crippen LogP contribution in [0.4, 0.5) is 5.69 Å². The number of nitrogens with one attached hydrogen (secondary N) is 1. The number of ether oxygens (including phenoxy) is 2. The summed E-state index contributed by atoms with van der Waals surface area (Å²) in [5.41, 5.74) is 6.52. The zero-order valence-electron chi connectivity index (χ0n) is 10.5. The Morgan fingerprint density at radius 1 is 1.24 bits per heavy atom. The molecular weight excluding hydrogens is 218 g/mol. The lowest BCUT2D eigenvalue weighted by Crippen LogP contribution is -2.22. The first-order valence-corrected chi connectivity index (χ1v) is 5.49. The quantitative estimate of drug-likeness (QED) is 0.605. The van der Waals surface area contributed by atoms with Gasteiger partial charge in [-0.3, -0.25) is 4.99 Å². The summed E-state index contributed by atoms with van der Waals surface area (Å²) in [4.78, 5) is 4.15. The number of methoxy groups -OCH3 is 2. The van der Waals surface area contributed by atoms with Crippen LogP contribution < -0.4 is 20.5 Å². The predicted octanol–water partition coefficient (Wildman–Crippen LogP) is 1.84. The molecule has 0 atom stereocenters. The number of hydrogen-bond acceptors (Lipinski definition) is 3. The topological polar surface area (TPSA) is 68.9 Å². The van der Waals surface area contributed by atoms with Crippen molar-refractivity contribution in [1.29, 1.82) is 0 Å². The van der Waals surface area contributed by atoms with Crippen molar-refractivity contribution in [2.75, 3.05) is 26.1 Å². The Morgan fingerprint density at radius 3 is 2.29 bits per heavy atom. The van der Waals surface area contributed by atoms with Gasteiger partial charge in [0.2, 0.25) is 0 Å².